The maximum atomic E-state index is 14.1. The lowest BCUT2D eigenvalue weighted by Crippen LogP contribution is -2.38. The smallest absolute Gasteiger partial charge is 0.408 e. The third-order valence-corrected chi connectivity index (χ3v) is 6.45. The molecule has 1 saturated heterocycles. The molecule has 0 saturated carbocycles. The summed E-state index contributed by atoms with van der Waals surface area (Å²) in [7, 11) is 1.62. The molecule has 0 amide bonds. The fourth-order valence-corrected chi connectivity index (χ4v) is 4.49. The highest BCUT2D eigenvalue weighted by Gasteiger charge is 2.46. The lowest BCUT2D eigenvalue weighted by atomic mass is 10.1. The standard InChI is InChI=1S/C25H27F3N6O2/c1-15(35-2)14-36-19-6-3-16-4-7-20(30-21(16)11-19)24-32-31-22-8-5-17(12-34(22)24)23(25(26,27)28)33-10-9-18(29)13-33/h3-8,11-12,15,18,23H,9-10,13-14,29H2,1-2H3/t15-,18+,23-/m1/s1. The number of nitrogens with zero attached hydrogens (tertiary/aromatic N) is 5. The highest BCUT2D eigenvalue weighted by molar-refractivity contribution is 5.82. The first kappa shape index (κ1) is 24.4. The monoisotopic (exact) mass is 500 g/mol. The van der Waals surface area contributed by atoms with Crippen molar-refractivity contribution in [1.29, 1.82) is 0 Å². The van der Waals surface area contributed by atoms with E-state index in [9.17, 15) is 13.2 Å². The molecule has 8 nitrogen and oxygen atoms in total. The number of ether oxygens (including phenoxy) is 2. The fraction of sp³-hybridized carbons (Fsp3) is 0.400. The van der Waals surface area contributed by atoms with Crippen LogP contribution in [-0.2, 0) is 4.74 Å². The Bertz CT molecular complexity index is 1380. The van der Waals surface area contributed by atoms with E-state index < -0.39 is 12.2 Å². The number of rotatable bonds is 7. The zero-order valence-corrected chi connectivity index (χ0v) is 19.9. The Labute approximate surface area is 205 Å². The van der Waals surface area contributed by atoms with Crippen LogP contribution < -0.4 is 10.5 Å². The summed E-state index contributed by atoms with van der Waals surface area (Å²) < 4.78 is 54.9. The normalized spacial score (nSPS) is 18.7. The molecular formula is C25H27F3N6O2. The maximum Gasteiger partial charge on any atom is 0.408 e. The molecule has 11 heteroatoms. The van der Waals surface area contributed by atoms with Crippen LogP contribution in [0.4, 0.5) is 13.2 Å². The number of fused-ring (bicyclic) bond motifs is 2. The zero-order valence-electron chi connectivity index (χ0n) is 19.9. The topological polar surface area (TPSA) is 90.8 Å². The predicted octanol–water partition coefficient (Wildman–Crippen LogP) is 3.99. The summed E-state index contributed by atoms with van der Waals surface area (Å²) in [6.07, 6.45) is -2.54. The number of halogens is 3. The summed E-state index contributed by atoms with van der Waals surface area (Å²) in [5.41, 5.74) is 7.59. The van der Waals surface area contributed by atoms with Crippen LogP contribution in [0.15, 0.2) is 48.7 Å². The van der Waals surface area contributed by atoms with Crippen LogP contribution in [-0.4, -0.2) is 69.6 Å². The zero-order chi connectivity index (χ0) is 25.4. The molecule has 3 aromatic heterocycles. The van der Waals surface area contributed by atoms with E-state index in [1.807, 2.05) is 31.2 Å². The first-order valence-corrected chi connectivity index (χ1v) is 11.7. The van der Waals surface area contributed by atoms with Crippen LogP contribution in [0.2, 0.25) is 0 Å². The van der Waals surface area contributed by atoms with E-state index in [0.717, 1.165) is 5.39 Å². The molecule has 1 aromatic carbocycles. The van der Waals surface area contributed by atoms with E-state index >= 15 is 0 Å². The molecule has 2 N–H and O–H groups in total. The SMILES string of the molecule is CO[C@H](C)COc1ccc2ccc(-c3nnc4ccc([C@@H](N5CC[C@H](N)C5)C(F)(F)F)cn34)nc2c1. The van der Waals surface area contributed by atoms with Gasteiger partial charge in [0, 0.05) is 43.9 Å². The van der Waals surface area contributed by atoms with Gasteiger partial charge in [-0.2, -0.15) is 13.2 Å². The molecule has 190 valence electrons. The molecular weight excluding hydrogens is 473 g/mol. The molecule has 0 aliphatic carbocycles. The van der Waals surface area contributed by atoms with Gasteiger partial charge in [-0.15, -0.1) is 10.2 Å². The second kappa shape index (κ2) is 9.64. The van der Waals surface area contributed by atoms with Gasteiger partial charge in [-0.3, -0.25) is 9.30 Å². The van der Waals surface area contributed by atoms with Crippen LogP contribution in [0.1, 0.15) is 24.9 Å². The molecule has 36 heavy (non-hydrogen) atoms. The van der Waals surface area contributed by atoms with E-state index in [4.69, 9.17) is 20.2 Å². The minimum Gasteiger partial charge on any atom is -0.491 e. The van der Waals surface area contributed by atoms with E-state index in [-0.39, 0.29) is 30.8 Å². The molecule has 1 aliphatic rings. The van der Waals surface area contributed by atoms with Crippen molar-refractivity contribution in [2.45, 2.75) is 37.7 Å². The van der Waals surface area contributed by atoms with Crippen molar-refractivity contribution in [3.8, 4) is 17.3 Å². The number of pyridine rings is 2. The summed E-state index contributed by atoms with van der Waals surface area (Å²) in [6, 6.07) is 10.2. The Morgan fingerprint density at radius 3 is 2.67 bits per heavy atom. The van der Waals surface area contributed by atoms with Crippen molar-refractivity contribution < 1.29 is 22.6 Å². The second-order valence-electron chi connectivity index (χ2n) is 9.11. The third-order valence-electron chi connectivity index (χ3n) is 6.45. The van der Waals surface area contributed by atoms with E-state index in [0.29, 0.717) is 41.5 Å². The van der Waals surface area contributed by atoms with Crippen LogP contribution in [0.5, 0.6) is 5.75 Å². The summed E-state index contributed by atoms with van der Waals surface area (Å²) in [6.45, 7) is 2.78. The van der Waals surface area contributed by atoms with Gasteiger partial charge in [-0.25, -0.2) is 4.98 Å². The molecule has 0 unspecified atom stereocenters. The van der Waals surface area contributed by atoms with Gasteiger partial charge in [0.2, 0.25) is 0 Å². The van der Waals surface area contributed by atoms with Crippen LogP contribution in [0.25, 0.3) is 28.1 Å². The maximum absolute atomic E-state index is 14.1. The Hall–Kier alpha value is -3.28. The van der Waals surface area contributed by atoms with Crippen molar-refractivity contribution >= 4 is 16.6 Å². The number of alkyl halides is 3. The molecule has 1 fully saturated rings. The summed E-state index contributed by atoms with van der Waals surface area (Å²) in [5.74, 6) is 0.994. The van der Waals surface area contributed by atoms with Crippen molar-refractivity contribution in [1.82, 2.24) is 24.5 Å². The molecule has 4 aromatic rings. The van der Waals surface area contributed by atoms with E-state index in [1.165, 1.54) is 17.2 Å². The largest absolute Gasteiger partial charge is 0.491 e. The third kappa shape index (κ3) is 4.86. The van der Waals surface area contributed by atoms with Gasteiger partial charge in [0.05, 0.1) is 11.6 Å². The van der Waals surface area contributed by atoms with Gasteiger partial charge in [-0.1, -0.05) is 12.1 Å². The lowest BCUT2D eigenvalue weighted by molar-refractivity contribution is -0.183. The van der Waals surface area contributed by atoms with Crippen molar-refractivity contribution in [2.24, 2.45) is 5.73 Å². The van der Waals surface area contributed by atoms with Crippen molar-refractivity contribution in [3.63, 3.8) is 0 Å². The highest BCUT2D eigenvalue weighted by atomic mass is 19.4. The number of hydrogen-bond acceptors (Lipinski definition) is 7. The van der Waals surface area contributed by atoms with E-state index in [2.05, 4.69) is 10.2 Å². The molecule has 5 rings (SSSR count). The van der Waals surface area contributed by atoms with Gasteiger partial charge in [0.15, 0.2) is 11.5 Å². The average molecular weight is 501 g/mol. The average Bonchev–Trinajstić information content (AvgIpc) is 3.47. The lowest BCUT2D eigenvalue weighted by Gasteiger charge is -2.30. The van der Waals surface area contributed by atoms with Gasteiger partial charge in [-0.05, 0) is 43.2 Å². The van der Waals surface area contributed by atoms with Crippen LogP contribution in [0, 0.1) is 0 Å². The second-order valence-corrected chi connectivity index (χ2v) is 9.11. The number of likely N-dealkylation sites (tertiary alicyclic amines) is 1. The number of benzene rings is 1. The van der Waals surface area contributed by atoms with Gasteiger partial charge < -0.3 is 15.2 Å². The summed E-state index contributed by atoms with van der Waals surface area (Å²) >= 11 is 0. The molecule has 0 spiro atoms. The minimum atomic E-state index is -4.45. The molecule has 4 heterocycles. The number of hydrogen-bond donors (Lipinski definition) is 1. The first-order chi connectivity index (χ1) is 17.2. The summed E-state index contributed by atoms with van der Waals surface area (Å²) in [4.78, 5) is 6.09. The van der Waals surface area contributed by atoms with Gasteiger partial charge in [0.1, 0.15) is 24.1 Å². The van der Waals surface area contributed by atoms with Crippen molar-refractivity contribution in [2.75, 3.05) is 26.8 Å². The Balaban J connectivity index is 1.51. The number of nitrogens with two attached hydrogens (primary N) is 1. The minimum absolute atomic E-state index is 0.0617. The van der Waals surface area contributed by atoms with E-state index in [1.54, 1.807) is 23.6 Å². The van der Waals surface area contributed by atoms with Crippen molar-refractivity contribution in [3.05, 3.63) is 54.2 Å². The Kier molecular flexibility index (Phi) is 6.54. The number of methoxy groups -OCH3 is 1. The fourth-order valence-electron chi connectivity index (χ4n) is 4.49. The molecule has 0 radical (unpaired) electrons. The Morgan fingerprint density at radius 1 is 1.14 bits per heavy atom. The first-order valence-electron chi connectivity index (χ1n) is 11.7. The predicted molar refractivity (Wildman–Crippen MR) is 129 cm³/mol. The Morgan fingerprint density at radius 2 is 1.94 bits per heavy atom. The van der Waals surface area contributed by atoms with Crippen LogP contribution in [0.3, 0.4) is 0 Å². The quantitative estimate of drug-likeness (QED) is 0.410. The van der Waals surface area contributed by atoms with Gasteiger partial charge >= 0.3 is 6.18 Å². The van der Waals surface area contributed by atoms with Crippen LogP contribution >= 0.6 is 0 Å². The molecule has 1 aliphatic heterocycles. The molecule has 3 atom stereocenters. The highest BCUT2D eigenvalue weighted by Crippen LogP contribution is 2.39. The number of aromatic nitrogens is 4. The molecule has 0 bridgehead atoms. The van der Waals surface area contributed by atoms with Gasteiger partial charge in [0.25, 0.3) is 0 Å². The summed E-state index contributed by atoms with van der Waals surface area (Å²) in [5, 5.41) is 9.26.